The van der Waals surface area contributed by atoms with Gasteiger partial charge in [-0.25, -0.2) is 14.4 Å². The molecule has 0 bridgehead atoms. The van der Waals surface area contributed by atoms with Crippen LogP contribution < -0.4 is 16.0 Å². The van der Waals surface area contributed by atoms with Crippen LogP contribution in [-0.4, -0.2) is 60.1 Å². The standard InChI is InChI=1S/C34H39N3O8/c1-22-7-15-28(16-8-22)36-31(40)27-13-11-26(12-14-27)30(39)21-25-9-17-29(18-10-25)37-34(43)35-19-5-4-6-20-44-33(42)24(3)45-32(41)23(2)38/h7-18,23-24,38H,4-6,19-21H2,1-3H3,(H,36,40)(H2,35,37,43). The molecule has 4 N–H and O–H groups in total. The number of unbranched alkanes of at least 4 members (excludes halogenated alkanes) is 2. The van der Waals surface area contributed by atoms with Gasteiger partial charge in [0, 0.05) is 35.5 Å². The van der Waals surface area contributed by atoms with Crippen LogP contribution in [0.5, 0.6) is 0 Å². The number of aryl methyl sites for hydroxylation is 1. The summed E-state index contributed by atoms with van der Waals surface area (Å²) in [5.74, 6) is -1.93. The fourth-order valence-electron chi connectivity index (χ4n) is 4.03. The SMILES string of the molecule is Cc1ccc(NC(=O)c2ccc(C(=O)Cc3ccc(NC(=O)NCCCCCOC(=O)C(C)OC(=O)C(C)O)cc3)cc2)cc1. The monoisotopic (exact) mass is 617 g/mol. The molecule has 0 aliphatic heterocycles. The molecule has 11 nitrogen and oxygen atoms in total. The van der Waals surface area contributed by atoms with Crippen LogP contribution in [-0.2, 0) is 25.5 Å². The second kappa shape index (κ2) is 17.3. The summed E-state index contributed by atoms with van der Waals surface area (Å²) in [6.07, 6.45) is -0.319. The number of ether oxygens (including phenoxy) is 2. The number of nitrogens with one attached hydrogen (secondary N) is 3. The van der Waals surface area contributed by atoms with Gasteiger partial charge in [-0.05, 0) is 82.0 Å². The van der Waals surface area contributed by atoms with Crippen LogP contribution in [0.1, 0.15) is 65.0 Å². The highest BCUT2D eigenvalue weighted by Gasteiger charge is 2.21. The molecule has 0 heterocycles. The number of amides is 3. The zero-order valence-corrected chi connectivity index (χ0v) is 25.6. The molecule has 0 fully saturated rings. The Morgan fingerprint density at radius 3 is 1.98 bits per heavy atom. The van der Waals surface area contributed by atoms with Crippen LogP contribution in [0.25, 0.3) is 0 Å². The van der Waals surface area contributed by atoms with E-state index in [0.29, 0.717) is 48.3 Å². The minimum Gasteiger partial charge on any atom is -0.463 e. The van der Waals surface area contributed by atoms with Gasteiger partial charge < -0.3 is 30.5 Å². The molecule has 45 heavy (non-hydrogen) atoms. The van der Waals surface area contributed by atoms with Crippen molar-refractivity contribution in [1.29, 1.82) is 0 Å². The van der Waals surface area contributed by atoms with E-state index in [0.717, 1.165) is 11.1 Å². The number of esters is 2. The molecule has 0 saturated carbocycles. The van der Waals surface area contributed by atoms with E-state index >= 15 is 0 Å². The van der Waals surface area contributed by atoms with E-state index in [1.165, 1.54) is 13.8 Å². The van der Waals surface area contributed by atoms with Crippen LogP contribution >= 0.6 is 0 Å². The number of carbonyl (C=O) groups excluding carboxylic acids is 5. The van der Waals surface area contributed by atoms with Gasteiger partial charge in [0.15, 0.2) is 11.9 Å². The lowest BCUT2D eigenvalue weighted by Gasteiger charge is -2.13. The molecule has 0 aromatic heterocycles. The van der Waals surface area contributed by atoms with E-state index in [1.54, 1.807) is 48.5 Å². The van der Waals surface area contributed by atoms with Crippen molar-refractivity contribution in [2.75, 3.05) is 23.8 Å². The number of benzene rings is 3. The molecule has 3 aromatic carbocycles. The molecule has 2 unspecified atom stereocenters. The first-order chi connectivity index (χ1) is 21.5. The third-order valence-corrected chi connectivity index (χ3v) is 6.67. The summed E-state index contributed by atoms with van der Waals surface area (Å²) in [5.41, 5.74) is 4.10. The number of carbonyl (C=O) groups is 5. The second-order valence-electron chi connectivity index (χ2n) is 10.6. The summed E-state index contributed by atoms with van der Waals surface area (Å²) in [5, 5.41) is 17.5. The maximum absolute atomic E-state index is 12.8. The quantitative estimate of drug-likeness (QED) is 0.107. The molecule has 0 aliphatic rings. The van der Waals surface area contributed by atoms with Gasteiger partial charge in [0.1, 0.15) is 6.10 Å². The predicted octanol–water partition coefficient (Wildman–Crippen LogP) is 4.82. The highest BCUT2D eigenvalue weighted by atomic mass is 16.6. The van der Waals surface area contributed by atoms with Crippen molar-refractivity contribution in [3.8, 4) is 0 Å². The Morgan fingerprint density at radius 2 is 1.33 bits per heavy atom. The van der Waals surface area contributed by atoms with Crippen molar-refractivity contribution in [2.45, 2.75) is 58.7 Å². The van der Waals surface area contributed by atoms with Gasteiger partial charge in [0.2, 0.25) is 0 Å². The highest BCUT2D eigenvalue weighted by Crippen LogP contribution is 2.15. The van der Waals surface area contributed by atoms with Gasteiger partial charge in [-0.3, -0.25) is 9.59 Å². The molecule has 0 radical (unpaired) electrons. The molecule has 3 aromatic rings. The first-order valence-corrected chi connectivity index (χ1v) is 14.7. The lowest BCUT2D eigenvalue weighted by atomic mass is 10.0. The molecule has 238 valence electrons. The van der Waals surface area contributed by atoms with Crippen LogP contribution in [0.2, 0.25) is 0 Å². The number of rotatable bonds is 15. The summed E-state index contributed by atoms with van der Waals surface area (Å²) in [4.78, 5) is 60.6. The van der Waals surface area contributed by atoms with Gasteiger partial charge in [-0.2, -0.15) is 0 Å². The molecule has 11 heteroatoms. The normalized spacial score (nSPS) is 11.9. The number of aliphatic hydroxyl groups excluding tert-OH is 1. The number of anilines is 2. The van der Waals surface area contributed by atoms with E-state index in [-0.39, 0.29) is 30.7 Å². The maximum Gasteiger partial charge on any atom is 0.347 e. The molecular formula is C34H39N3O8. The maximum atomic E-state index is 12.8. The largest absolute Gasteiger partial charge is 0.463 e. The summed E-state index contributed by atoms with van der Waals surface area (Å²) >= 11 is 0. The number of hydrogen-bond donors (Lipinski definition) is 4. The van der Waals surface area contributed by atoms with Crippen LogP contribution in [0.4, 0.5) is 16.2 Å². The van der Waals surface area contributed by atoms with Crippen molar-refractivity contribution >= 4 is 41.0 Å². The first-order valence-electron chi connectivity index (χ1n) is 14.7. The van der Waals surface area contributed by atoms with Crippen molar-refractivity contribution in [1.82, 2.24) is 5.32 Å². The summed E-state index contributed by atoms with van der Waals surface area (Å²) in [6, 6.07) is 20.6. The van der Waals surface area contributed by atoms with E-state index in [1.807, 2.05) is 31.2 Å². The zero-order valence-electron chi connectivity index (χ0n) is 25.6. The van der Waals surface area contributed by atoms with Crippen LogP contribution in [0.3, 0.4) is 0 Å². The fourth-order valence-corrected chi connectivity index (χ4v) is 4.03. The van der Waals surface area contributed by atoms with Crippen molar-refractivity contribution in [3.63, 3.8) is 0 Å². The number of ketones is 1. The smallest absolute Gasteiger partial charge is 0.347 e. The summed E-state index contributed by atoms with van der Waals surface area (Å²) in [7, 11) is 0. The van der Waals surface area contributed by atoms with Gasteiger partial charge in [0.25, 0.3) is 5.91 Å². The van der Waals surface area contributed by atoms with Gasteiger partial charge in [-0.1, -0.05) is 42.0 Å². The lowest BCUT2D eigenvalue weighted by Crippen LogP contribution is -2.31. The Morgan fingerprint density at radius 1 is 0.733 bits per heavy atom. The lowest BCUT2D eigenvalue weighted by molar-refractivity contribution is -0.171. The zero-order chi connectivity index (χ0) is 32.8. The molecule has 0 aliphatic carbocycles. The number of Topliss-reactive ketones (excluding diaryl/α,β-unsaturated/α-hetero) is 1. The number of urea groups is 1. The van der Waals surface area contributed by atoms with Crippen molar-refractivity contribution in [3.05, 3.63) is 95.1 Å². The molecule has 3 amide bonds. The molecule has 0 spiro atoms. The first kappa shape index (κ1) is 34.5. The Kier molecular flexibility index (Phi) is 13.3. The Labute approximate surface area is 262 Å². The average molecular weight is 618 g/mol. The van der Waals surface area contributed by atoms with Gasteiger partial charge >= 0.3 is 18.0 Å². The van der Waals surface area contributed by atoms with E-state index in [9.17, 15) is 24.0 Å². The van der Waals surface area contributed by atoms with Crippen LogP contribution in [0, 0.1) is 6.92 Å². The highest BCUT2D eigenvalue weighted by molar-refractivity contribution is 6.05. The third kappa shape index (κ3) is 11.9. The molecule has 3 rings (SSSR count). The predicted molar refractivity (Wildman–Crippen MR) is 169 cm³/mol. The number of aliphatic hydroxyl groups is 1. The average Bonchev–Trinajstić information content (AvgIpc) is 3.02. The third-order valence-electron chi connectivity index (χ3n) is 6.67. The Balaban J connectivity index is 1.32. The minimum absolute atomic E-state index is 0.0945. The fraction of sp³-hybridized carbons (Fsp3) is 0.324. The van der Waals surface area contributed by atoms with E-state index in [4.69, 9.17) is 14.6 Å². The molecule has 2 atom stereocenters. The van der Waals surface area contributed by atoms with Gasteiger partial charge in [0.05, 0.1) is 6.61 Å². The Bertz CT molecular complexity index is 1450. The second-order valence-corrected chi connectivity index (χ2v) is 10.6. The summed E-state index contributed by atoms with van der Waals surface area (Å²) in [6.45, 7) is 5.15. The van der Waals surface area contributed by atoms with Crippen LogP contribution in [0.15, 0.2) is 72.8 Å². The van der Waals surface area contributed by atoms with Crippen molar-refractivity contribution < 1.29 is 38.6 Å². The molecular weight excluding hydrogens is 578 g/mol. The van der Waals surface area contributed by atoms with E-state index in [2.05, 4.69) is 16.0 Å². The molecule has 0 saturated heterocycles. The topological polar surface area (TPSA) is 160 Å². The summed E-state index contributed by atoms with van der Waals surface area (Å²) < 4.78 is 9.82. The van der Waals surface area contributed by atoms with E-state index < -0.39 is 24.1 Å². The van der Waals surface area contributed by atoms with Crippen molar-refractivity contribution in [2.24, 2.45) is 0 Å². The van der Waals surface area contributed by atoms with Gasteiger partial charge in [-0.15, -0.1) is 0 Å². The minimum atomic E-state index is -1.32. The Hall–Kier alpha value is -5.03. The number of hydrogen-bond acceptors (Lipinski definition) is 8.